The van der Waals surface area contributed by atoms with E-state index >= 15 is 0 Å². The molecule has 2 aromatic heterocycles. The van der Waals surface area contributed by atoms with Crippen molar-refractivity contribution in [1.82, 2.24) is 9.97 Å². The van der Waals surface area contributed by atoms with Gasteiger partial charge in [0.1, 0.15) is 0 Å². The van der Waals surface area contributed by atoms with Gasteiger partial charge < -0.3 is 15.7 Å². The van der Waals surface area contributed by atoms with Gasteiger partial charge in [-0.2, -0.15) is 0 Å². The Balaban J connectivity index is 1.80. The van der Waals surface area contributed by atoms with Gasteiger partial charge in [0, 0.05) is 18.0 Å². The third kappa shape index (κ3) is 3.78. The molecule has 0 fully saturated rings. The Morgan fingerprint density at radius 2 is 2.12 bits per heavy atom. The molecule has 3 rings (SSSR count). The van der Waals surface area contributed by atoms with Crippen LogP contribution in [-0.2, 0) is 11.4 Å². The predicted molar refractivity (Wildman–Crippen MR) is 97.9 cm³/mol. The molecule has 0 saturated carbocycles. The molecule has 1 amide bonds. The number of carbonyl (C=O) groups is 1. The first-order valence-corrected chi connectivity index (χ1v) is 8.92. The highest BCUT2D eigenvalue weighted by Gasteiger charge is 2.14. The Hall–Kier alpha value is -2.29. The fourth-order valence-corrected chi connectivity index (χ4v) is 3.91. The highest BCUT2D eigenvalue weighted by molar-refractivity contribution is 7.20. The zero-order valence-electron chi connectivity index (χ0n) is 13.2. The Labute approximate surface area is 147 Å². The van der Waals surface area contributed by atoms with Crippen molar-refractivity contribution in [1.29, 1.82) is 0 Å². The fourth-order valence-electron chi connectivity index (χ4n) is 2.14. The lowest BCUT2D eigenvalue weighted by molar-refractivity contribution is -0.114. The number of hydrogen-bond acceptors (Lipinski definition) is 7. The molecule has 1 aromatic carbocycles. The van der Waals surface area contributed by atoms with Gasteiger partial charge in [-0.25, -0.2) is 9.97 Å². The minimum absolute atomic E-state index is 0.00459. The van der Waals surface area contributed by atoms with Crippen LogP contribution in [0.25, 0.3) is 10.6 Å². The summed E-state index contributed by atoms with van der Waals surface area (Å²) < 4.78 is 0. The zero-order chi connectivity index (χ0) is 17.1. The highest BCUT2D eigenvalue weighted by Crippen LogP contribution is 2.35. The van der Waals surface area contributed by atoms with Crippen molar-refractivity contribution in [3.05, 3.63) is 40.9 Å². The van der Waals surface area contributed by atoms with Crippen LogP contribution in [-0.4, -0.2) is 21.0 Å². The lowest BCUT2D eigenvalue weighted by Gasteiger charge is -2.03. The van der Waals surface area contributed by atoms with Gasteiger partial charge >= 0.3 is 0 Å². The van der Waals surface area contributed by atoms with Gasteiger partial charge in [-0.05, 0) is 24.6 Å². The number of thiazole rings is 2. The van der Waals surface area contributed by atoms with Crippen LogP contribution in [0, 0.1) is 6.92 Å². The summed E-state index contributed by atoms with van der Waals surface area (Å²) in [6.45, 7) is 3.36. The first-order valence-electron chi connectivity index (χ1n) is 7.23. The maximum atomic E-state index is 11.1. The van der Waals surface area contributed by atoms with Crippen LogP contribution in [0.4, 0.5) is 16.0 Å². The van der Waals surface area contributed by atoms with Crippen molar-refractivity contribution < 1.29 is 9.90 Å². The van der Waals surface area contributed by atoms with Gasteiger partial charge in [0.25, 0.3) is 0 Å². The van der Waals surface area contributed by atoms with Gasteiger partial charge in [-0.3, -0.25) is 4.79 Å². The number of aromatic nitrogens is 2. The van der Waals surface area contributed by atoms with Crippen molar-refractivity contribution in [3.63, 3.8) is 0 Å². The van der Waals surface area contributed by atoms with E-state index < -0.39 is 0 Å². The van der Waals surface area contributed by atoms with Gasteiger partial charge in [0.15, 0.2) is 10.3 Å². The number of nitrogens with one attached hydrogen (secondary N) is 2. The van der Waals surface area contributed by atoms with E-state index in [9.17, 15) is 9.90 Å². The molecule has 0 aliphatic heterocycles. The number of anilines is 3. The summed E-state index contributed by atoms with van der Waals surface area (Å²) in [4.78, 5) is 21.0. The lowest BCUT2D eigenvalue weighted by atomic mass is 10.2. The molecule has 3 N–H and O–H groups in total. The number of amides is 1. The number of aliphatic hydroxyl groups excluding tert-OH is 1. The average molecular weight is 360 g/mol. The summed E-state index contributed by atoms with van der Waals surface area (Å²) >= 11 is 2.90. The topological polar surface area (TPSA) is 87.1 Å². The van der Waals surface area contributed by atoms with Crippen molar-refractivity contribution >= 4 is 44.5 Å². The number of aryl methyl sites for hydroxylation is 1. The molecule has 0 bridgehead atoms. The normalized spacial score (nSPS) is 10.6. The summed E-state index contributed by atoms with van der Waals surface area (Å²) in [7, 11) is 0. The Bertz CT molecular complexity index is 873. The summed E-state index contributed by atoms with van der Waals surface area (Å²) in [6.07, 6.45) is 0. The van der Waals surface area contributed by atoms with Gasteiger partial charge in [-0.1, -0.05) is 23.5 Å². The molecule has 8 heteroatoms. The van der Waals surface area contributed by atoms with Gasteiger partial charge in [0.2, 0.25) is 5.91 Å². The second-order valence-electron chi connectivity index (χ2n) is 5.14. The van der Waals surface area contributed by atoms with Crippen molar-refractivity contribution in [3.8, 4) is 10.6 Å². The summed E-state index contributed by atoms with van der Waals surface area (Å²) in [5.41, 5.74) is 3.38. The first-order chi connectivity index (χ1) is 11.5. The van der Waals surface area contributed by atoms with E-state index in [4.69, 9.17) is 0 Å². The monoisotopic (exact) mass is 360 g/mol. The summed E-state index contributed by atoms with van der Waals surface area (Å²) in [6, 6.07) is 7.55. The van der Waals surface area contributed by atoms with Crippen LogP contribution in [0.15, 0.2) is 29.6 Å². The molecule has 0 radical (unpaired) electrons. The van der Waals surface area contributed by atoms with Crippen LogP contribution in [0.2, 0.25) is 0 Å². The second-order valence-corrected chi connectivity index (χ2v) is 6.99. The highest BCUT2D eigenvalue weighted by atomic mass is 32.1. The van der Waals surface area contributed by atoms with Crippen LogP contribution >= 0.6 is 22.7 Å². The number of rotatable bonds is 5. The molecule has 6 nitrogen and oxygen atoms in total. The smallest absolute Gasteiger partial charge is 0.223 e. The van der Waals surface area contributed by atoms with Crippen molar-refractivity contribution in [2.45, 2.75) is 20.5 Å². The van der Waals surface area contributed by atoms with E-state index in [1.807, 2.05) is 36.6 Å². The molecule has 2 heterocycles. The third-order valence-corrected chi connectivity index (χ3v) is 5.03. The summed E-state index contributed by atoms with van der Waals surface area (Å²) in [5.74, 6) is -0.139. The lowest BCUT2D eigenvalue weighted by Crippen LogP contribution is -2.04. The van der Waals surface area contributed by atoms with Crippen LogP contribution in [0.5, 0.6) is 0 Å². The predicted octanol–water partition coefficient (Wildman–Crippen LogP) is 3.77. The Morgan fingerprint density at radius 1 is 1.29 bits per heavy atom. The number of carbonyl (C=O) groups excluding carboxylic acids is 1. The van der Waals surface area contributed by atoms with E-state index in [1.54, 1.807) is 0 Å². The molecule has 124 valence electrons. The second kappa shape index (κ2) is 7.08. The quantitative estimate of drug-likeness (QED) is 0.645. The van der Waals surface area contributed by atoms with Crippen LogP contribution in [0.1, 0.15) is 18.2 Å². The molecule has 0 unspecified atom stereocenters. The number of hydrogen-bond donors (Lipinski definition) is 3. The molecule has 0 aliphatic carbocycles. The maximum Gasteiger partial charge on any atom is 0.223 e. The molecular weight excluding hydrogens is 344 g/mol. The van der Waals surface area contributed by atoms with E-state index in [0.29, 0.717) is 5.13 Å². The SMILES string of the molecule is CC(=O)Nc1nc(C)c(-c2csc(Nc3cccc(CO)c3)n2)s1. The zero-order valence-corrected chi connectivity index (χ0v) is 14.8. The van der Waals surface area contributed by atoms with E-state index in [1.165, 1.54) is 29.6 Å². The molecule has 3 aromatic rings. The van der Waals surface area contributed by atoms with Crippen LogP contribution in [0.3, 0.4) is 0 Å². The van der Waals surface area contributed by atoms with Crippen LogP contribution < -0.4 is 10.6 Å². The molecule has 0 spiro atoms. The molecule has 0 aliphatic rings. The summed E-state index contributed by atoms with van der Waals surface area (Å²) in [5, 5.41) is 18.4. The number of nitrogens with zero attached hydrogens (tertiary/aromatic N) is 2. The fraction of sp³-hybridized carbons (Fsp3) is 0.188. The van der Waals surface area contributed by atoms with E-state index in [2.05, 4.69) is 20.6 Å². The van der Waals surface area contributed by atoms with Crippen molar-refractivity contribution in [2.24, 2.45) is 0 Å². The maximum absolute atomic E-state index is 11.1. The molecule has 24 heavy (non-hydrogen) atoms. The Kier molecular flexibility index (Phi) is 4.89. The first kappa shape index (κ1) is 16.6. The van der Waals surface area contributed by atoms with Gasteiger partial charge in [-0.15, -0.1) is 11.3 Å². The standard InChI is InChI=1S/C16H16N4O2S2/c1-9-14(24-16(17-9)18-10(2)22)13-8-23-15(20-13)19-12-5-3-4-11(6-12)7-21/h3-6,8,21H,7H2,1-2H3,(H,19,20)(H,17,18,22). The third-order valence-electron chi connectivity index (χ3n) is 3.18. The minimum Gasteiger partial charge on any atom is -0.392 e. The number of aliphatic hydroxyl groups is 1. The number of benzene rings is 1. The van der Waals surface area contributed by atoms with E-state index in [-0.39, 0.29) is 12.5 Å². The molecule has 0 atom stereocenters. The molecular formula is C16H16N4O2S2. The largest absolute Gasteiger partial charge is 0.392 e. The minimum atomic E-state index is -0.139. The van der Waals surface area contributed by atoms with E-state index in [0.717, 1.165) is 32.6 Å². The Morgan fingerprint density at radius 3 is 2.88 bits per heavy atom. The molecule has 0 saturated heterocycles. The van der Waals surface area contributed by atoms with Crippen molar-refractivity contribution in [2.75, 3.05) is 10.6 Å². The average Bonchev–Trinajstić information content (AvgIpc) is 3.13. The van der Waals surface area contributed by atoms with Gasteiger partial charge in [0.05, 0.1) is 22.9 Å².